The van der Waals surface area contributed by atoms with Gasteiger partial charge in [0.05, 0.1) is 31.1 Å². The van der Waals surface area contributed by atoms with Gasteiger partial charge in [-0.25, -0.2) is 8.78 Å². The van der Waals surface area contributed by atoms with Crippen molar-refractivity contribution in [2.75, 3.05) is 50.8 Å². The van der Waals surface area contributed by atoms with Gasteiger partial charge in [-0.2, -0.15) is 0 Å². The highest BCUT2D eigenvalue weighted by atomic mass is 19.1. The number of rotatable bonds is 6. The van der Waals surface area contributed by atoms with Crippen LogP contribution in [-0.4, -0.2) is 91.0 Å². The van der Waals surface area contributed by atoms with Crippen molar-refractivity contribution < 1.29 is 18.3 Å². The van der Waals surface area contributed by atoms with Crippen molar-refractivity contribution >= 4 is 11.6 Å². The zero-order valence-electron chi connectivity index (χ0n) is 22.8. The van der Waals surface area contributed by atoms with Crippen molar-refractivity contribution in [1.29, 1.82) is 0 Å². The minimum absolute atomic E-state index is 0.00693. The lowest BCUT2D eigenvalue weighted by Crippen LogP contribution is -2.63. The van der Waals surface area contributed by atoms with Crippen molar-refractivity contribution in [3.05, 3.63) is 59.2 Å². The quantitative estimate of drug-likeness (QED) is 0.583. The number of pyridine rings is 1. The van der Waals surface area contributed by atoms with Crippen LogP contribution in [0.4, 0.5) is 14.5 Å². The maximum Gasteiger partial charge on any atom is 0.241 e. The Morgan fingerprint density at radius 1 is 1.18 bits per heavy atom. The van der Waals surface area contributed by atoms with E-state index in [1.54, 1.807) is 12.1 Å². The van der Waals surface area contributed by atoms with E-state index >= 15 is 0 Å². The van der Waals surface area contributed by atoms with E-state index < -0.39 is 6.30 Å². The fourth-order valence-corrected chi connectivity index (χ4v) is 5.94. The maximum atomic E-state index is 14.7. The molecule has 7 nitrogen and oxygen atoms in total. The Labute approximate surface area is 224 Å². The van der Waals surface area contributed by atoms with Gasteiger partial charge in [0, 0.05) is 55.9 Å². The van der Waals surface area contributed by atoms with Crippen molar-refractivity contribution in [2.24, 2.45) is 0 Å². The monoisotopic (exact) mass is 527 g/mol. The fraction of sp³-hybridized carbons (Fsp3) is 0.586. The highest BCUT2D eigenvalue weighted by Gasteiger charge is 2.41. The van der Waals surface area contributed by atoms with Gasteiger partial charge in [0.2, 0.25) is 5.91 Å². The second kappa shape index (κ2) is 11.0. The summed E-state index contributed by atoms with van der Waals surface area (Å²) < 4.78 is 33.4. The highest BCUT2D eigenvalue weighted by Crippen LogP contribution is 2.39. The van der Waals surface area contributed by atoms with Crippen LogP contribution in [-0.2, 0) is 21.4 Å². The normalized spacial score (nSPS) is 27.9. The lowest BCUT2D eigenvalue weighted by molar-refractivity contribution is -0.122. The van der Waals surface area contributed by atoms with Gasteiger partial charge < -0.3 is 15.0 Å². The summed E-state index contributed by atoms with van der Waals surface area (Å²) in [6.45, 7) is 11.7. The molecule has 206 valence electrons. The third-order valence-electron chi connectivity index (χ3n) is 8.06. The smallest absolute Gasteiger partial charge is 0.241 e. The highest BCUT2D eigenvalue weighted by molar-refractivity contribution is 5.97. The number of morpholine rings is 1. The number of aromatic nitrogens is 1. The van der Waals surface area contributed by atoms with Crippen molar-refractivity contribution in [3.63, 3.8) is 0 Å². The average Bonchev–Trinajstić information content (AvgIpc) is 3.14. The molecule has 0 unspecified atom stereocenters. The van der Waals surface area contributed by atoms with Crippen LogP contribution in [0.3, 0.4) is 0 Å². The molecule has 1 aromatic carbocycles. The topological polar surface area (TPSA) is 60.9 Å². The molecule has 0 spiro atoms. The number of benzene rings is 1. The molecule has 4 heterocycles. The second-order valence-corrected chi connectivity index (χ2v) is 11.8. The number of carbonyl (C=O) groups excluding carboxylic acids is 1. The third kappa shape index (κ3) is 5.76. The number of anilines is 1. The SMILES string of the molecule is C[C@@H]1CN(CC(=O)N2CC(C)(C)c3ncc(Cc4ccc(F)cc4)cc32)[C@@H](CN2[C@H](C)COC[C@H]2F)CN1. The van der Waals surface area contributed by atoms with Gasteiger partial charge in [0.15, 0.2) is 6.30 Å². The summed E-state index contributed by atoms with van der Waals surface area (Å²) in [7, 11) is 0. The van der Waals surface area contributed by atoms with Crippen LogP contribution in [0.2, 0.25) is 0 Å². The number of carbonyl (C=O) groups is 1. The molecule has 1 N–H and O–H groups in total. The molecule has 2 saturated heterocycles. The minimum Gasteiger partial charge on any atom is -0.375 e. The van der Waals surface area contributed by atoms with Gasteiger partial charge in [-0.15, -0.1) is 0 Å². The molecular weight excluding hydrogens is 488 g/mol. The molecule has 0 saturated carbocycles. The largest absolute Gasteiger partial charge is 0.375 e. The molecule has 1 aromatic heterocycles. The zero-order valence-corrected chi connectivity index (χ0v) is 22.8. The Balaban J connectivity index is 1.33. The van der Waals surface area contributed by atoms with E-state index in [2.05, 4.69) is 37.1 Å². The van der Waals surface area contributed by atoms with Crippen LogP contribution in [0.1, 0.15) is 44.5 Å². The number of nitrogens with zero attached hydrogens (tertiary/aromatic N) is 4. The maximum absolute atomic E-state index is 14.7. The summed E-state index contributed by atoms with van der Waals surface area (Å²) in [4.78, 5) is 24.5. The molecule has 2 fully saturated rings. The van der Waals surface area contributed by atoms with Crippen LogP contribution in [0.5, 0.6) is 0 Å². The summed E-state index contributed by atoms with van der Waals surface area (Å²) in [6, 6.07) is 8.79. The first-order valence-electron chi connectivity index (χ1n) is 13.6. The molecule has 38 heavy (non-hydrogen) atoms. The molecule has 3 aliphatic heterocycles. The van der Waals surface area contributed by atoms with Crippen molar-refractivity contribution in [2.45, 2.75) is 64.0 Å². The Morgan fingerprint density at radius 3 is 2.68 bits per heavy atom. The molecule has 9 heteroatoms. The first kappa shape index (κ1) is 27.1. The average molecular weight is 528 g/mol. The Bertz CT molecular complexity index is 1130. The fourth-order valence-electron chi connectivity index (χ4n) is 5.94. The summed E-state index contributed by atoms with van der Waals surface area (Å²) >= 11 is 0. The second-order valence-electron chi connectivity index (χ2n) is 11.8. The van der Waals surface area contributed by atoms with E-state index in [-0.39, 0.29) is 48.4 Å². The van der Waals surface area contributed by atoms with E-state index in [9.17, 15) is 13.6 Å². The first-order chi connectivity index (χ1) is 18.1. The predicted molar refractivity (Wildman–Crippen MR) is 144 cm³/mol. The Hall–Kier alpha value is -2.46. The Kier molecular flexibility index (Phi) is 7.82. The van der Waals surface area contributed by atoms with Gasteiger partial charge >= 0.3 is 0 Å². The van der Waals surface area contributed by atoms with E-state index in [1.165, 1.54) is 12.1 Å². The van der Waals surface area contributed by atoms with E-state index in [0.29, 0.717) is 32.7 Å². The lowest BCUT2D eigenvalue weighted by Gasteiger charge is -2.44. The number of fused-ring (bicyclic) bond motifs is 1. The van der Waals surface area contributed by atoms with Gasteiger partial charge in [0.1, 0.15) is 5.82 Å². The number of hydrogen-bond acceptors (Lipinski definition) is 6. The van der Waals surface area contributed by atoms with Crippen LogP contribution in [0.15, 0.2) is 36.5 Å². The molecule has 0 bridgehead atoms. The Morgan fingerprint density at radius 2 is 1.95 bits per heavy atom. The molecule has 5 rings (SSSR count). The molecule has 1 amide bonds. The number of alkyl halides is 1. The summed E-state index contributed by atoms with van der Waals surface area (Å²) in [6.07, 6.45) is 1.35. The predicted octanol–water partition coefficient (Wildman–Crippen LogP) is 3.11. The number of nitrogens with one attached hydrogen (secondary N) is 1. The van der Waals surface area contributed by atoms with Crippen molar-refractivity contribution in [3.8, 4) is 0 Å². The van der Waals surface area contributed by atoms with Crippen molar-refractivity contribution in [1.82, 2.24) is 20.1 Å². The zero-order chi connectivity index (χ0) is 27.0. The number of amides is 1. The van der Waals surface area contributed by atoms with Gasteiger partial charge in [0.25, 0.3) is 0 Å². The minimum atomic E-state index is -1.13. The van der Waals surface area contributed by atoms with E-state index in [1.807, 2.05) is 22.9 Å². The number of halogens is 2. The van der Waals surface area contributed by atoms with Gasteiger partial charge in [-0.1, -0.05) is 26.0 Å². The molecular formula is C29H39F2N5O2. The molecule has 4 atom stereocenters. The number of piperazine rings is 1. The van der Waals surface area contributed by atoms with E-state index in [4.69, 9.17) is 9.72 Å². The summed E-state index contributed by atoms with van der Waals surface area (Å²) in [5.74, 6) is -0.228. The third-order valence-corrected chi connectivity index (χ3v) is 8.06. The number of ether oxygens (including phenoxy) is 1. The molecule has 0 aliphatic carbocycles. The van der Waals surface area contributed by atoms with Crippen LogP contribution >= 0.6 is 0 Å². The van der Waals surface area contributed by atoms with Crippen LogP contribution < -0.4 is 10.2 Å². The van der Waals surface area contributed by atoms with E-state index in [0.717, 1.165) is 29.1 Å². The summed E-state index contributed by atoms with van der Waals surface area (Å²) in [5.41, 5.74) is 3.48. The standard InChI is InChI=1S/C29H39F2N5O2/c1-19-13-34(24(12-32-19)14-35-20(2)16-38-17-26(35)31)15-27(37)36-18-29(3,4)28-25(36)10-22(11-33-28)9-21-5-7-23(30)8-6-21/h5-8,10-11,19-20,24,26,32H,9,12-18H2,1-4H3/t19-,20-,24-,26+/m1/s1. The van der Waals surface area contributed by atoms with Crippen LogP contribution in [0, 0.1) is 5.82 Å². The number of hydrogen-bond donors (Lipinski definition) is 1. The lowest BCUT2D eigenvalue weighted by atomic mass is 9.91. The molecule has 3 aliphatic rings. The summed E-state index contributed by atoms with van der Waals surface area (Å²) in [5, 5.41) is 3.51. The van der Waals surface area contributed by atoms with Gasteiger partial charge in [-0.05, 0) is 49.6 Å². The van der Waals surface area contributed by atoms with Gasteiger partial charge in [-0.3, -0.25) is 19.6 Å². The first-order valence-corrected chi connectivity index (χ1v) is 13.6. The molecule has 2 aromatic rings. The molecule has 0 radical (unpaired) electrons. The van der Waals surface area contributed by atoms with Crippen LogP contribution in [0.25, 0.3) is 0 Å².